The van der Waals surface area contributed by atoms with Crippen molar-refractivity contribution < 1.29 is 27.4 Å². The van der Waals surface area contributed by atoms with E-state index in [2.05, 4.69) is 5.32 Å². The molecule has 0 aliphatic rings. The van der Waals surface area contributed by atoms with Crippen LogP contribution in [0, 0.1) is 0 Å². The highest BCUT2D eigenvalue weighted by molar-refractivity contribution is 6.32. The SMILES string of the molecule is CCCOc1c(Cl)cc(C(=O)Nc2ccccc2C(F)(F)F)cc1OC. The average molecular weight is 388 g/mol. The van der Waals surface area contributed by atoms with Crippen molar-refractivity contribution in [2.24, 2.45) is 0 Å². The highest BCUT2D eigenvalue weighted by Gasteiger charge is 2.33. The minimum atomic E-state index is -4.59. The van der Waals surface area contributed by atoms with Crippen molar-refractivity contribution in [2.75, 3.05) is 19.0 Å². The summed E-state index contributed by atoms with van der Waals surface area (Å²) in [6, 6.07) is 7.41. The van der Waals surface area contributed by atoms with Gasteiger partial charge in [-0.25, -0.2) is 0 Å². The molecule has 0 atom stereocenters. The van der Waals surface area contributed by atoms with E-state index in [-0.39, 0.29) is 27.8 Å². The van der Waals surface area contributed by atoms with Gasteiger partial charge in [-0.2, -0.15) is 13.2 Å². The Labute approximate surface area is 153 Å². The van der Waals surface area contributed by atoms with Gasteiger partial charge in [0.15, 0.2) is 11.5 Å². The lowest BCUT2D eigenvalue weighted by molar-refractivity contribution is -0.136. The molecule has 4 nitrogen and oxygen atoms in total. The second-order valence-electron chi connectivity index (χ2n) is 5.34. The molecule has 0 radical (unpaired) electrons. The zero-order valence-electron chi connectivity index (χ0n) is 14.1. The van der Waals surface area contributed by atoms with Crippen LogP contribution in [-0.2, 0) is 6.18 Å². The maximum absolute atomic E-state index is 13.0. The molecule has 0 unspecified atom stereocenters. The van der Waals surface area contributed by atoms with Gasteiger partial charge in [0.2, 0.25) is 0 Å². The first-order chi connectivity index (χ1) is 12.3. The van der Waals surface area contributed by atoms with Crippen molar-refractivity contribution in [1.82, 2.24) is 0 Å². The molecule has 2 aromatic carbocycles. The van der Waals surface area contributed by atoms with E-state index in [0.29, 0.717) is 6.61 Å². The van der Waals surface area contributed by atoms with Crippen LogP contribution in [0.25, 0.3) is 0 Å². The summed E-state index contributed by atoms with van der Waals surface area (Å²) in [6.45, 7) is 2.32. The van der Waals surface area contributed by atoms with Crippen LogP contribution >= 0.6 is 11.6 Å². The van der Waals surface area contributed by atoms with Crippen molar-refractivity contribution in [2.45, 2.75) is 19.5 Å². The lowest BCUT2D eigenvalue weighted by Gasteiger charge is -2.15. The molecule has 2 aromatic rings. The third kappa shape index (κ3) is 4.60. The highest BCUT2D eigenvalue weighted by atomic mass is 35.5. The number of para-hydroxylation sites is 1. The quantitative estimate of drug-likeness (QED) is 0.721. The van der Waals surface area contributed by atoms with E-state index in [0.717, 1.165) is 12.5 Å². The monoisotopic (exact) mass is 387 g/mol. The molecule has 0 saturated heterocycles. The summed E-state index contributed by atoms with van der Waals surface area (Å²) in [5, 5.41) is 2.39. The molecule has 8 heteroatoms. The van der Waals surface area contributed by atoms with E-state index in [1.165, 1.54) is 37.4 Å². The Morgan fingerprint density at radius 3 is 2.54 bits per heavy atom. The van der Waals surface area contributed by atoms with E-state index < -0.39 is 17.6 Å². The van der Waals surface area contributed by atoms with Gasteiger partial charge in [0, 0.05) is 5.56 Å². The lowest BCUT2D eigenvalue weighted by atomic mass is 10.1. The van der Waals surface area contributed by atoms with Crippen molar-refractivity contribution in [3.8, 4) is 11.5 Å². The first-order valence-corrected chi connectivity index (χ1v) is 8.13. The van der Waals surface area contributed by atoms with Crippen molar-refractivity contribution in [3.63, 3.8) is 0 Å². The molecule has 2 rings (SSSR count). The van der Waals surface area contributed by atoms with Gasteiger partial charge >= 0.3 is 6.18 Å². The van der Waals surface area contributed by atoms with Crippen LogP contribution in [0.15, 0.2) is 36.4 Å². The van der Waals surface area contributed by atoms with Crippen LogP contribution in [0.1, 0.15) is 29.3 Å². The summed E-state index contributed by atoms with van der Waals surface area (Å²) in [7, 11) is 1.38. The summed E-state index contributed by atoms with van der Waals surface area (Å²) < 4.78 is 49.8. The minimum Gasteiger partial charge on any atom is -0.493 e. The molecule has 0 bridgehead atoms. The number of methoxy groups -OCH3 is 1. The summed E-state index contributed by atoms with van der Waals surface area (Å²) in [5.74, 6) is -0.243. The minimum absolute atomic E-state index is 0.0488. The predicted octanol–water partition coefficient (Wildman–Crippen LogP) is 5.41. The number of rotatable bonds is 6. The summed E-state index contributed by atoms with van der Waals surface area (Å²) in [6.07, 6.45) is -3.84. The first-order valence-electron chi connectivity index (χ1n) is 7.75. The molecule has 0 heterocycles. The smallest absolute Gasteiger partial charge is 0.418 e. The van der Waals surface area contributed by atoms with Gasteiger partial charge in [-0.3, -0.25) is 4.79 Å². The number of carbonyl (C=O) groups is 1. The second kappa shape index (κ2) is 8.31. The maximum Gasteiger partial charge on any atom is 0.418 e. The Hall–Kier alpha value is -2.41. The molecule has 0 saturated carbocycles. The second-order valence-corrected chi connectivity index (χ2v) is 5.74. The number of hydrogen-bond donors (Lipinski definition) is 1. The molecule has 1 amide bonds. The third-order valence-corrected chi connectivity index (χ3v) is 3.70. The van der Waals surface area contributed by atoms with Crippen LogP contribution in [0.2, 0.25) is 5.02 Å². The van der Waals surface area contributed by atoms with Gasteiger partial charge in [0.1, 0.15) is 0 Å². The first kappa shape index (κ1) is 19.9. The van der Waals surface area contributed by atoms with Crippen LogP contribution in [-0.4, -0.2) is 19.6 Å². The van der Waals surface area contributed by atoms with Crippen LogP contribution < -0.4 is 14.8 Å². The predicted molar refractivity (Wildman–Crippen MR) is 93.2 cm³/mol. The Morgan fingerprint density at radius 2 is 1.92 bits per heavy atom. The number of ether oxygens (including phenoxy) is 2. The molecule has 0 aromatic heterocycles. The van der Waals surface area contributed by atoms with E-state index in [1.807, 2.05) is 6.92 Å². The van der Waals surface area contributed by atoms with Crippen LogP contribution in [0.3, 0.4) is 0 Å². The molecule has 0 fully saturated rings. The molecule has 1 N–H and O–H groups in total. The summed E-state index contributed by atoms with van der Waals surface area (Å²) >= 11 is 6.13. The number of anilines is 1. The van der Waals surface area contributed by atoms with Crippen molar-refractivity contribution >= 4 is 23.2 Å². The maximum atomic E-state index is 13.0. The molecular formula is C18H17ClF3NO3. The summed E-state index contributed by atoms with van der Waals surface area (Å²) in [5.41, 5.74) is -1.23. The number of carbonyl (C=O) groups excluding carboxylic acids is 1. The van der Waals surface area contributed by atoms with Gasteiger partial charge < -0.3 is 14.8 Å². The standard InChI is InChI=1S/C18H17ClF3NO3/c1-3-8-26-16-13(19)9-11(10-15(16)25-2)17(24)23-14-7-5-4-6-12(14)18(20,21)22/h4-7,9-10H,3,8H2,1-2H3,(H,23,24). The van der Waals surface area contributed by atoms with Gasteiger partial charge in [-0.15, -0.1) is 0 Å². The van der Waals surface area contributed by atoms with Gasteiger partial charge in [0.05, 0.1) is 30.0 Å². The van der Waals surface area contributed by atoms with E-state index in [4.69, 9.17) is 21.1 Å². The zero-order chi connectivity index (χ0) is 19.3. The normalized spacial score (nSPS) is 11.2. The summed E-state index contributed by atoms with van der Waals surface area (Å²) in [4.78, 5) is 12.4. The van der Waals surface area contributed by atoms with Crippen molar-refractivity contribution in [1.29, 1.82) is 0 Å². The number of halogens is 4. The topological polar surface area (TPSA) is 47.6 Å². The van der Waals surface area contributed by atoms with E-state index in [1.54, 1.807) is 0 Å². The lowest BCUT2D eigenvalue weighted by Crippen LogP contribution is -2.17. The largest absolute Gasteiger partial charge is 0.493 e. The number of nitrogens with one attached hydrogen (secondary N) is 1. The Kier molecular flexibility index (Phi) is 6.37. The fourth-order valence-corrected chi connectivity index (χ4v) is 2.49. The van der Waals surface area contributed by atoms with Gasteiger partial charge in [-0.1, -0.05) is 30.7 Å². The van der Waals surface area contributed by atoms with Crippen LogP contribution in [0.4, 0.5) is 18.9 Å². The molecule has 0 spiro atoms. The molecular weight excluding hydrogens is 371 g/mol. The number of hydrogen-bond acceptors (Lipinski definition) is 3. The van der Waals surface area contributed by atoms with Gasteiger partial charge in [-0.05, 0) is 30.7 Å². The number of benzene rings is 2. The van der Waals surface area contributed by atoms with Crippen LogP contribution in [0.5, 0.6) is 11.5 Å². The van der Waals surface area contributed by atoms with E-state index >= 15 is 0 Å². The fraction of sp³-hybridized carbons (Fsp3) is 0.278. The Balaban J connectivity index is 2.33. The highest BCUT2D eigenvalue weighted by Crippen LogP contribution is 2.38. The Morgan fingerprint density at radius 1 is 1.23 bits per heavy atom. The number of alkyl halides is 3. The molecule has 26 heavy (non-hydrogen) atoms. The fourth-order valence-electron chi connectivity index (χ4n) is 2.23. The third-order valence-electron chi connectivity index (χ3n) is 3.42. The van der Waals surface area contributed by atoms with Gasteiger partial charge in [0.25, 0.3) is 5.91 Å². The molecule has 0 aliphatic heterocycles. The Bertz CT molecular complexity index is 794. The molecule has 140 valence electrons. The van der Waals surface area contributed by atoms with Crippen molar-refractivity contribution in [3.05, 3.63) is 52.5 Å². The molecule has 0 aliphatic carbocycles. The van der Waals surface area contributed by atoms with E-state index in [9.17, 15) is 18.0 Å². The average Bonchev–Trinajstić information content (AvgIpc) is 2.59. The number of amides is 1. The zero-order valence-corrected chi connectivity index (χ0v) is 14.9.